The Kier molecular flexibility index (Phi) is 11.8. The minimum absolute atomic E-state index is 1.10. The quantitative estimate of drug-likeness (QED) is 0.121. The van der Waals surface area contributed by atoms with Gasteiger partial charge < -0.3 is 9.80 Å². The van der Waals surface area contributed by atoms with Gasteiger partial charge in [0, 0.05) is 34.1 Å². The summed E-state index contributed by atoms with van der Waals surface area (Å²) in [5.74, 6) is 0. The van der Waals surface area contributed by atoms with E-state index < -0.39 is 0 Å². The van der Waals surface area contributed by atoms with Crippen LogP contribution >= 0.6 is 0 Å². The van der Waals surface area contributed by atoms with Crippen LogP contribution in [-0.2, 0) is 0 Å². The van der Waals surface area contributed by atoms with Gasteiger partial charge in [0.05, 0.1) is 0 Å². The third-order valence-corrected chi connectivity index (χ3v) is 12.7. The highest BCUT2D eigenvalue weighted by atomic mass is 15.1. The Bertz CT molecular complexity index is 3100. The first-order valence-electron chi connectivity index (χ1n) is 23.2. The maximum absolute atomic E-state index is 2.32. The van der Waals surface area contributed by atoms with Gasteiger partial charge in [0.2, 0.25) is 0 Å². The van der Waals surface area contributed by atoms with Crippen molar-refractivity contribution in [1.29, 1.82) is 0 Å². The van der Waals surface area contributed by atoms with Crippen LogP contribution in [0.15, 0.2) is 291 Å². The zero-order chi connectivity index (χ0) is 45.5. The highest BCUT2D eigenvalue weighted by Gasteiger charge is 2.15. The largest absolute Gasteiger partial charge is 0.311 e. The second kappa shape index (κ2) is 19.2. The maximum atomic E-state index is 2.32. The molecule has 0 unspecified atom stereocenters. The molecule has 322 valence electrons. The summed E-state index contributed by atoms with van der Waals surface area (Å²) in [5, 5.41) is 0. The first kappa shape index (κ1) is 41.7. The molecule has 11 aromatic carbocycles. The lowest BCUT2D eigenvalue weighted by Crippen LogP contribution is -2.09. The van der Waals surface area contributed by atoms with Crippen molar-refractivity contribution in [3.63, 3.8) is 0 Å². The fourth-order valence-corrected chi connectivity index (χ4v) is 9.09. The van der Waals surface area contributed by atoms with E-state index in [2.05, 4.69) is 301 Å². The fourth-order valence-electron chi connectivity index (χ4n) is 9.09. The lowest BCUT2D eigenvalue weighted by Gasteiger charge is -2.26. The molecule has 0 bridgehead atoms. The number of benzene rings is 11. The summed E-state index contributed by atoms with van der Waals surface area (Å²) in [6.07, 6.45) is 0. The monoisotopic (exact) mass is 868 g/mol. The highest BCUT2D eigenvalue weighted by molar-refractivity contribution is 5.83. The molecule has 0 N–H and O–H groups in total. The predicted molar refractivity (Wildman–Crippen MR) is 288 cm³/mol. The van der Waals surface area contributed by atoms with Gasteiger partial charge in [0.15, 0.2) is 0 Å². The van der Waals surface area contributed by atoms with Crippen LogP contribution < -0.4 is 9.80 Å². The molecule has 0 atom stereocenters. The van der Waals surface area contributed by atoms with E-state index in [0.29, 0.717) is 0 Å². The Labute approximate surface area is 400 Å². The zero-order valence-corrected chi connectivity index (χ0v) is 37.6. The first-order chi connectivity index (χ1) is 33.7. The molecular formula is C66H48N2. The van der Waals surface area contributed by atoms with Crippen LogP contribution in [0.1, 0.15) is 0 Å². The molecule has 2 nitrogen and oxygen atoms in total. The van der Waals surface area contributed by atoms with Gasteiger partial charge in [-0.25, -0.2) is 0 Å². The van der Waals surface area contributed by atoms with Crippen molar-refractivity contribution in [2.24, 2.45) is 0 Å². The maximum Gasteiger partial charge on any atom is 0.0462 e. The van der Waals surface area contributed by atoms with E-state index in [-0.39, 0.29) is 0 Å². The van der Waals surface area contributed by atoms with Crippen molar-refractivity contribution in [1.82, 2.24) is 0 Å². The normalized spacial score (nSPS) is 10.9. The molecule has 2 heteroatoms. The standard InChI is InChI=1S/C66H48N2/c1-5-13-49(14-6-1)51-21-25-53(26-22-51)57-33-41-63(42-34-57)67(61-17-9-3-10-18-61)65-45-37-59(38-46-65)55-29-31-56(32-30-55)60-39-47-66(48-40-60)68(62-19-11-4-12-20-62)64-43-35-58(36-44-64)54-27-23-52(24-28-54)50-15-7-2-8-16-50/h1-48H. The van der Waals surface area contributed by atoms with E-state index in [1.807, 2.05) is 0 Å². The summed E-state index contributed by atoms with van der Waals surface area (Å²) in [6, 6.07) is 104. The second-order valence-electron chi connectivity index (χ2n) is 17.0. The minimum Gasteiger partial charge on any atom is -0.311 e. The smallest absolute Gasteiger partial charge is 0.0462 e. The summed E-state index contributed by atoms with van der Waals surface area (Å²) in [7, 11) is 0. The number of anilines is 6. The van der Waals surface area contributed by atoms with E-state index in [4.69, 9.17) is 0 Å². The predicted octanol–water partition coefficient (Wildman–Crippen LogP) is 18.6. The molecule has 0 fully saturated rings. The molecule has 0 aliphatic carbocycles. The second-order valence-corrected chi connectivity index (χ2v) is 17.0. The molecule has 0 aromatic heterocycles. The number of hydrogen-bond acceptors (Lipinski definition) is 2. The SMILES string of the molecule is c1ccc(-c2ccc(-c3ccc(N(c4ccccc4)c4ccc(-c5ccc(-c6ccc(N(c7ccccc7)c7ccc(-c8ccc(-c9ccccc9)cc8)cc7)cc6)cc5)cc4)cc3)cc2)cc1. The van der Waals surface area contributed by atoms with Crippen LogP contribution in [0.3, 0.4) is 0 Å². The Hall–Kier alpha value is -8.98. The molecule has 0 saturated heterocycles. The van der Waals surface area contributed by atoms with E-state index in [9.17, 15) is 0 Å². The number of para-hydroxylation sites is 2. The number of rotatable bonds is 12. The summed E-state index contributed by atoms with van der Waals surface area (Å²) in [4.78, 5) is 4.64. The van der Waals surface area contributed by atoms with Crippen molar-refractivity contribution >= 4 is 34.1 Å². The molecule has 0 radical (unpaired) electrons. The summed E-state index contributed by atoms with van der Waals surface area (Å²) >= 11 is 0. The van der Waals surface area contributed by atoms with Crippen molar-refractivity contribution in [2.45, 2.75) is 0 Å². The van der Waals surface area contributed by atoms with Gasteiger partial charge in [0.1, 0.15) is 0 Å². The average molecular weight is 869 g/mol. The topological polar surface area (TPSA) is 6.48 Å². The Morgan fingerprint density at radius 3 is 0.441 bits per heavy atom. The van der Waals surface area contributed by atoms with Crippen molar-refractivity contribution in [3.05, 3.63) is 291 Å². The molecule has 68 heavy (non-hydrogen) atoms. The molecular weight excluding hydrogens is 821 g/mol. The molecule has 0 aliphatic heterocycles. The number of hydrogen-bond donors (Lipinski definition) is 0. The first-order valence-corrected chi connectivity index (χ1v) is 23.2. The molecule has 0 aliphatic rings. The van der Waals surface area contributed by atoms with E-state index in [1.165, 1.54) is 66.8 Å². The van der Waals surface area contributed by atoms with E-state index in [1.54, 1.807) is 0 Å². The zero-order valence-electron chi connectivity index (χ0n) is 37.6. The van der Waals surface area contributed by atoms with Crippen LogP contribution in [0.4, 0.5) is 34.1 Å². The van der Waals surface area contributed by atoms with Gasteiger partial charge in [-0.15, -0.1) is 0 Å². The van der Waals surface area contributed by atoms with Crippen molar-refractivity contribution in [3.8, 4) is 66.8 Å². The van der Waals surface area contributed by atoms with Gasteiger partial charge in [-0.3, -0.25) is 0 Å². The highest BCUT2D eigenvalue weighted by Crippen LogP contribution is 2.39. The summed E-state index contributed by atoms with van der Waals surface area (Å²) in [6.45, 7) is 0. The molecule has 0 saturated carbocycles. The van der Waals surface area contributed by atoms with Gasteiger partial charge >= 0.3 is 0 Å². The van der Waals surface area contributed by atoms with Crippen LogP contribution in [0.2, 0.25) is 0 Å². The lowest BCUT2D eigenvalue weighted by molar-refractivity contribution is 1.28. The molecule has 0 spiro atoms. The third kappa shape index (κ3) is 9.00. The molecule has 11 rings (SSSR count). The van der Waals surface area contributed by atoms with E-state index in [0.717, 1.165) is 34.1 Å². The third-order valence-electron chi connectivity index (χ3n) is 12.7. The van der Waals surface area contributed by atoms with Crippen LogP contribution in [0.5, 0.6) is 0 Å². The lowest BCUT2D eigenvalue weighted by atomic mass is 9.99. The van der Waals surface area contributed by atoms with Crippen molar-refractivity contribution < 1.29 is 0 Å². The Morgan fingerprint density at radius 1 is 0.118 bits per heavy atom. The van der Waals surface area contributed by atoms with Gasteiger partial charge in [-0.1, -0.05) is 218 Å². The number of nitrogens with zero attached hydrogens (tertiary/aromatic N) is 2. The Balaban J connectivity index is 0.797. The van der Waals surface area contributed by atoms with Crippen LogP contribution in [0, 0.1) is 0 Å². The average Bonchev–Trinajstić information content (AvgIpc) is 3.43. The van der Waals surface area contributed by atoms with Gasteiger partial charge in [0.25, 0.3) is 0 Å². The van der Waals surface area contributed by atoms with Gasteiger partial charge in [-0.2, -0.15) is 0 Å². The van der Waals surface area contributed by atoms with Crippen LogP contribution in [0.25, 0.3) is 66.8 Å². The van der Waals surface area contributed by atoms with E-state index >= 15 is 0 Å². The van der Waals surface area contributed by atoms with Crippen molar-refractivity contribution in [2.75, 3.05) is 9.80 Å². The minimum atomic E-state index is 1.10. The van der Waals surface area contributed by atoms with Crippen LogP contribution in [-0.4, -0.2) is 0 Å². The summed E-state index contributed by atoms with van der Waals surface area (Å²) < 4.78 is 0. The molecule has 0 heterocycles. The molecule has 0 amide bonds. The molecule has 11 aromatic rings. The fraction of sp³-hybridized carbons (Fsp3) is 0. The van der Waals surface area contributed by atoms with Gasteiger partial charge in [-0.05, 0) is 140 Å². The Morgan fingerprint density at radius 2 is 0.250 bits per heavy atom. The summed E-state index contributed by atoms with van der Waals surface area (Å²) in [5.41, 5.74) is 21.0.